The molecule has 0 aromatic heterocycles. The highest BCUT2D eigenvalue weighted by Crippen LogP contribution is 2.43. The Labute approximate surface area is 217 Å². The van der Waals surface area contributed by atoms with E-state index in [4.69, 9.17) is 9.47 Å². The summed E-state index contributed by atoms with van der Waals surface area (Å²) >= 11 is 0. The standard InChI is InChI=1S/C31H31NO5/c1-19(2)18-37-25-12-10-24(11-13-25)32-28(22-7-4-6-20(3)16-22)27(30(34)31(32)35)29(33)23-9-14-26-21(17-23)8-5-15-36-26/h4,6-7,9-14,16-17,19,28,33H,5,8,15,18H2,1-3H3/b29-27-. The second-order valence-corrected chi connectivity index (χ2v) is 10.1. The van der Waals surface area contributed by atoms with Crippen molar-refractivity contribution in [2.75, 3.05) is 18.1 Å². The number of Topliss-reactive ketones (excluding diaryl/α,β-unsaturated/α-hetero) is 1. The minimum absolute atomic E-state index is 0.0763. The number of nitrogens with zero attached hydrogens (tertiary/aromatic N) is 1. The number of aliphatic hydroxyl groups excluding tert-OH is 1. The second-order valence-electron chi connectivity index (χ2n) is 10.1. The first-order valence-corrected chi connectivity index (χ1v) is 12.7. The molecule has 2 aliphatic rings. The fraction of sp³-hybridized carbons (Fsp3) is 0.290. The summed E-state index contributed by atoms with van der Waals surface area (Å²) in [6, 6.07) is 19.5. The van der Waals surface area contributed by atoms with Crippen LogP contribution in [0.3, 0.4) is 0 Å². The van der Waals surface area contributed by atoms with Crippen molar-refractivity contribution < 1.29 is 24.2 Å². The van der Waals surface area contributed by atoms with Crippen LogP contribution in [0.2, 0.25) is 0 Å². The maximum absolute atomic E-state index is 13.4. The zero-order valence-corrected chi connectivity index (χ0v) is 21.4. The highest BCUT2D eigenvalue weighted by Gasteiger charge is 2.47. The van der Waals surface area contributed by atoms with Crippen LogP contribution >= 0.6 is 0 Å². The SMILES string of the molecule is Cc1cccc(C2/C(=C(/O)c3ccc4c(c3)CCCO4)C(=O)C(=O)N2c2ccc(OCC(C)C)cc2)c1. The van der Waals surface area contributed by atoms with Crippen molar-refractivity contribution in [3.05, 3.63) is 94.6 Å². The van der Waals surface area contributed by atoms with E-state index in [-0.39, 0.29) is 11.3 Å². The fourth-order valence-electron chi connectivity index (χ4n) is 4.88. The first kappa shape index (κ1) is 24.6. The van der Waals surface area contributed by atoms with E-state index in [0.717, 1.165) is 35.3 Å². The first-order chi connectivity index (χ1) is 17.8. The van der Waals surface area contributed by atoms with Gasteiger partial charge in [0.05, 0.1) is 24.8 Å². The van der Waals surface area contributed by atoms with Gasteiger partial charge in [-0.25, -0.2) is 0 Å². The number of aliphatic hydroxyl groups is 1. The Bertz CT molecular complexity index is 1370. The maximum atomic E-state index is 13.4. The van der Waals surface area contributed by atoms with Crippen LogP contribution in [0.25, 0.3) is 5.76 Å². The van der Waals surface area contributed by atoms with Crippen molar-refractivity contribution in [3.8, 4) is 11.5 Å². The molecule has 1 unspecified atom stereocenters. The monoisotopic (exact) mass is 497 g/mol. The van der Waals surface area contributed by atoms with Crippen LogP contribution in [0.4, 0.5) is 5.69 Å². The Kier molecular flexibility index (Phi) is 6.74. The third-order valence-electron chi connectivity index (χ3n) is 6.68. The van der Waals surface area contributed by atoms with E-state index in [9.17, 15) is 14.7 Å². The number of carbonyl (C=O) groups is 2. The van der Waals surface area contributed by atoms with Gasteiger partial charge in [-0.1, -0.05) is 43.7 Å². The summed E-state index contributed by atoms with van der Waals surface area (Å²) in [4.78, 5) is 28.3. The van der Waals surface area contributed by atoms with E-state index in [2.05, 4.69) is 13.8 Å². The average Bonchev–Trinajstić information content (AvgIpc) is 3.17. The van der Waals surface area contributed by atoms with Gasteiger partial charge in [0.15, 0.2) is 0 Å². The van der Waals surface area contributed by atoms with Crippen LogP contribution < -0.4 is 14.4 Å². The molecule has 0 radical (unpaired) electrons. The number of ketones is 1. The fourth-order valence-corrected chi connectivity index (χ4v) is 4.88. The maximum Gasteiger partial charge on any atom is 0.300 e. The molecule has 0 saturated carbocycles. The summed E-state index contributed by atoms with van der Waals surface area (Å²) in [5, 5.41) is 11.5. The molecule has 2 heterocycles. The Hall–Kier alpha value is -4.06. The Morgan fingerprint density at radius 1 is 1.08 bits per heavy atom. The lowest BCUT2D eigenvalue weighted by molar-refractivity contribution is -0.132. The number of hydrogen-bond acceptors (Lipinski definition) is 5. The van der Waals surface area contributed by atoms with Gasteiger partial charge in [-0.05, 0) is 79.3 Å². The molecule has 3 aromatic rings. The highest BCUT2D eigenvalue weighted by molar-refractivity contribution is 6.51. The quantitative estimate of drug-likeness (QED) is 0.258. The number of carbonyl (C=O) groups excluding carboxylic acids is 2. The topological polar surface area (TPSA) is 76.1 Å². The summed E-state index contributed by atoms with van der Waals surface area (Å²) in [5.41, 5.74) is 3.86. The van der Waals surface area contributed by atoms with E-state index < -0.39 is 17.7 Å². The van der Waals surface area contributed by atoms with E-state index in [0.29, 0.717) is 36.1 Å². The number of anilines is 1. The minimum atomic E-state index is -0.769. The molecular formula is C31H31NO5. The Morgan fingerprint density at radius 3 is 2.59 bits per heavy atom. The molecule has 1 fully saturated rings. The number of aryl methyl sites for hydroxylation is 2. The van der Waals surface area contributed by atoms with Crippen LogP contribution in [0.5, 0.6) is 11.5 Å². The van der Waals surface area contributed by atoms with E-state index in [1.54, 1.807) is 30.3 Å². The lowest BCUT2D eigenvalue weighted by Crippen LogP contribution is -2.29. The highest BCUT2D eigenvalue weighted by atomic mass is 16.5. The summed E-state index contributed by atoms with van der Waals surface area (Å²) in [5.74, 6) is 0.297. The number of amides is 1. The molecule has 37 heavy (non-hydrogen) atoms. The number of ether oxygens (including phenoxy) is 2. The van der Waals surface area contributed by atoms with Crippen LogP contribution in [0.1, 0.15) is 48.6 Å². The predicted molar refractivity (Wildman–Crippen MR) is 143 cm³/mol. The number of rotatable bonds is 6. The van der Waals surface area contributed by atoms with Gasteiger partial charge in [0.2, 0.25) is 0 Å². The van der Waals surface area contributed by atoms with Gasteiger partial charge in [0.25, 0.3) is 11.7 Å². The Balaban J connectivity index is 1.60. The molecule has 0 bridgehead atoms. The molecular weight excluding hydrogens is 466 g/mol. The van der Waals surface area contributed by atoms with Crippen molar-refractivity contribution in [3.63, 3.8) is 0 Å². The minimum Gasteiger partial charge on any atom is -0.507 e. The third kappa shape index (κ3) is 4.84. The third-order valence-corrected chi connectivity index (χ3v) is 6.68. The molecule has 6 nitrogen and oxygen atoms in total. The molecule has 1 amide bonds. The van der Waals surface area contributed by atoms with Gasteiger partial charge in [0.1, 0.15) is 17.3 Å². The van der Waals surface area contributed by atoms with Crippen molar-refractivity contribution in [1.29, 1.82) is 0 Å². The summed E-state index contributed by atoms with van der Waals surface area (Å²) in [6.45, 7) is 7.35. The van der Waals surface area contributed by atoms with Gasteiger partial charge in [-0.3, -0.25) is 14.5 Å². The molecule has 6 heteroatoms. The molecule has 2 aliphatic heterocycles. The van der Waals surface area contributed by atoms with Crippen LogP contribution in [0.15, 0.2) is 72.3 Å². The molecule has 190 valence electrons. The van der Waals surface area contributed by atoms with Gasteiger partial charge < -0.3 is 14.6 Å². The molecule has 3 aromatic carbocycles. The molecule has 1 atom stereocenters. The summed E-state index contributed by atoms with van der Waals surface area (Å²) in [7, 11) is 0. The zero-order chi connectivity index (χ0) is 26.1. The van der Waals surface area contributed by atoms with Gasteiger partial charge >= 0.3 is 0 Å². The van der Waals surface area contributed by atoms with Crippen molar-refractivity contribution in [1.82, 2.24) is 0 Å². The van der Waals surface area contributed by atoms with E-state index in [1.165, 1.54) is 4.90 Å². The molecule has 0 aliphatic carbocycles. The van der Waals surface area contributed by atoms with Crippen molar-refractivity contribution in [2.45, 2.75) is 39.7 Å². The van der Waals surface area contributed by atoms with Crippen LogP contribution in [-0.2, 0) is 16.0 Å². The van der Waals surface area contributed by atoms with Crippen molar-refractivity contribution >= 4 is 23.1 Å². The van der Waals surface area contributed by atoms with E-state index >= 15 is 0 Å². The van der Waals surface area contributed by atoms with Gasteiger partial charge in [0, 0.05) is 11.3 Å². The smallest absolute Gasteiger partial charge is 0.300 e. The van der Waals surface area contributed by atoms with Crippen molar-refractivity contribution in [2.24, 2.45) is 5.92 Å². The number of benzene rings is 3. The molecule has 5 rings (SSSR count). The molecule has 1 N–H and O–H groups in total. The van der Waals surface area contributed by atoms with E-state index in [1.807, 2.05) is 43.3 Å². The van der Waals surface area contributed by atoms with Crippen LogP contribution in [0, 0.1) is 12.8 Å². The first-order valence-electron chi connectivity index (χ1n) is 12.7. The average molecular weight is 498 g/mol. The van der Waals surface area contributed by atoms with Gasteiger partial charge in [-0.15, -0.1) is 0 Å². The second kappa shape index (κ2) is 10.1. The molecule has 0 spiro atoms. The largest absolute Gasteiger partial charge is 0.507 e. The lowest BCUT2D eigenvalue weighted by atomic mass is 9.93. The zero-order valence-electron chi connectivity index (χ0n) is 21.4. The van der Waals surface area contributed by atoms with Gasteiger partial charge in [-0.2, -0.15) is 0 Å². The predicted octanol–water partition coefficient (Wildman–Crippen LogP) is 5.98. The van der Waals surface area contributed by atoms with Crippen LogP contribution in [-0.4, -0.2) is 30.0 Å². The lowest BCUT2D eigenvalue weighted by Gasteiger charge is -2.26. The molecule has 1 saturated heterocycles. The number of fused-ring (bicyclic) bond motifs is 1. The normalized spacial score (nSPS) is 18.6. The summed E-state index contributed by atoms with van der Waals surface area (Å²) < 4.78 is 11.5. The number of hydrogen-bond donors (Lipinski definition) is 1. The summed E-state index contributed by atoms with van der Waals surface area (Å²) in [6.07, 6.45) is 1.72. The Morgan fingerprint density at radius 2 is 1.86 bits per heavy atom.